The summed E-state index contributed by atoms with van der Waals surface area (Å²) in [5.74, 6) is 1.62. The Balaban J connectivity index is 1.66. The average Bonchev–Trinajstić information content (AvgIpc) is 3.18. The predicted octanol–water partition coefficient (Wildman–Crippen LogP) is 4.64. The number of benzene rings is 2. The second kappa shape index (κ2) is 9.65. The molecule has 0 saturated carbocycles. The van der Waals surface area contributed by atoms with Crippen molar-refractivity contribution in [3.63, 3.8) is 0 Å². The highest BCUT2D eigenvalue weighted by Gasteiger charge is 2.38. The van der Waals surface area contributed by atoms with Crippen LogP contribution in [0.15, 0.2) is 47.6 Å². The van der Waals surface area contributed by atoms with Gasteiger partial charge in [0.15, 0.2) is 5.82 Å². The molecule has 1 amide bonds. The molecule has 4 rings (SSSR count). The summed E-state index contributed by atoms with van der Waals surface area (Å²) < 4.78 is 7.52. The predicted molar refractivity (Wildman–Crippen MR) is 128 cm³/mol. The van der Waals surface area contributed by atoms with Crippen LogP contribution in [0, 0.1) is 13.8 Å². The first kappa shape index (κ1) is 22.2. The van der Waals surface area contributed by atoms with Crippen molar-refractivity contribution in [2.45, 2.75) is 57.0 Å². The molecule has 0 radical (unpaired) electrons. The van der Waals surface area contributed by atoms with Crippen LogP contribution >= 0.6 is 11.8 Å². The lowest BCUT2D eigenvalue weighted by atomic mass is 10.0. The smallest absolute Gasteiger partial charge is 0.240 e. The third kappa shape index (κ3) is 4.60. The maximum Gasteiger partial charge on any atom is 0.240 e. The van der Waals surface area contributed by atoms with E-state index in [9.17, 15) is 4.79 Å². The zero-order chi connectivity index (χ0) is 22.7. The third-order valence-electron chi connectivity index (χ3n) is 5.44. The van der Waals surface area contributed by atoms with Crippen molar-refractivity contribution < 1.29 is 9.53 Å². The maximum absolute atomic E-state index is 13.5. The highest BCUT2D eigenvalue weighted by molar-refractivity contribution is 8.00. The van der Waals surface area contributed by atoms with Crippen LogP contribution in [0.25, 0.3) is 0 Å². The number of thioether (sulfide) groups is 1. The normalized spacial score (nSPS) is 17.4. The Kier molecular flexibility index (Phi) is 6.69. The highest BCUT2D eigenvalue weighted by atomic mass is 32.2. The van der Waals surface area contributed by atoms with E-state index in [1.54, 1.807) is 0 Å². The number of aryl methyl sites for hydroxylation is 3. The van der Waals surface area contributed by atoms with Crippen molar-refractivity contribution in [1.29, 1.82) is 0 Å². The van der Waals surface area contributed by atoms with Crippen LogP contribution in [-0.2, 0) is 11.2 Å². The monoisotopic (exact) mass is 451 g/mol. The Morgan fingerprint density at radius 3 is 2.66 bits per heavy atom. The SMILES string of the molecule is CCCc1nnc2n1N[C@@H](c1ccc(OCC)cc1)[C@@H](C(=O)Nc1cc(C)ccc1C)S2. The third-order valence-corrected chi connectivity index (χ3v) is 6.65. The number of carbonyl (C=O) groups is 1. The molecule has 0 spiro atoms. The van der Waals surface area contributed by atoms with Crippen LogP contribution in [0.1, 0.15) is 48.8 Å². The molecule has 0 aliphatic carbocycles. The molecule has 1 aromatic heterocycles. The van der Waals surface area contributed by atoms with Gasteiger partial charge in [-0.1, -0.05) is 43.0 Å². The van der Waals surface area contributed by atoms with Gasteiger partial charge in [0.1, 0.15) is 11.0 Å². The van der Waals surface area contributed by atoms with Crippen molar-refractivity contribution in [2.24, 2.45) is 0 Å². The van der Waals surface area contributed by atoms with E-state index in [-0.39, 0.29) is 11.9 Å². The van der Waals surface area contributed by atoms with Crippen LogP contribution in [-0.4, -0.2) is 32.6 Å². The van der Waals surface area contributed by atoms with Gasteiger partial charge in [0.05, 0.1) is 12.6 Å². The first-order chi connectivity index (χ1) is 15.5. The van der Waals surface area contributed by atoms with Crippen LogP contribution in [0.3, 0.4) is 0 Å². The lowest BCUT2D eigenvalue weighted by Crippen LogP contribution is -2.41. The minimum atomic E-state index is -0.418. The molecule has 2 N–H and O–H groups in total. The number of hydrogen-bond acceptors (Lipinski definition) is 6. The summed E-state index contributed by atoms with van der Waals surface area (Å²) in [5.41, 5.74) is 7.48. The Bertz CT molecular complexity index is 1100. The number of rotatable bonds is 7. The lowest BCUT2D eigenvalue weighted by molar-refractivity contribution is -0.116. The second-order valence-electron chi connectivity index (χ2n) is 7.94. The second-order valence-corrected chi connectivity index (χ2v) is 9.05. The molecule has 0 unspecified atom stereocenters. The molecule has 3 aromatic rings. The van der Waals surface area contributed by atoms with Crippen LogP contribution in [0.5, 0.6) is 5.75 Å². The zero-order valence-corrected chi connectivity index (χ0v) is 19.7. The molecule has 7 nitrogen and oxygen atoms in total. The first-order valence-electron chi connectivity index (χ1n) is 11.0. The van der Waals surface area contributed by atoms with E-state index in [1.165, 1.54) is 11.8 Å². The number of hydrogen-bond donors (Lipinski definition) is 2. The molecule has 0 bridgehead atoms. The van der Waals surface area contributed by atoms with Crippen molar-refractivity contribution in [2.75, 3.05) is 17.3 Å². The van der Waals surface area contributed by atoms with E-state index in [4.69, 9.17) is 4.74 Å². The van der Waals surface area contributed by atoms with Crippen molar-refractivity contribution in [3.05, 3.63) is 65.0 Å². The summed E-state index contributed by atoms with van der Waals surface area (Å²) >= 11 is 1.44. The molecule has 2 heterocycles. The van der Waals surface area contributed by atoms with E-state index < -0.39 is 5.25 Å². The van der Waals surface area contributed by atoms with Gasteiger partial charge in [0, 0.05) is 12.1 Å². The first-order valence-corrected chi connectivity index (χ1v) is 11.9. The Labute approximate surface area is 192 Å². The highest BCUT2D eigenvalue weighted by Crippen LogP contribution is 2.38. The molecule has 1 aliphatic heterocycles. The van der Waals surface area contributed by atoms with Crippen LogP contribution in [0.4, 0.5) is 5.69 Å². The van der Waals surface area contributed by atoms with Gasteiger partial charge in [-0.3, -0.25) is 4.79 Å². The Morgan fingerprint density at radius 2 is 1.94 bits per heavy atom. The van der Waals surface area contributed by atoms with Gasteiger partial charge < -0.3 is 15.5 Å². The molecule has 1 aliphatic rings. The van der Waals surface area contributed by atoms with Crippen molar-refractivity contribution in [3.8, 4) is 5.75 Å². The molecule has 2 aromatic carbocycles. The van der Waals surface area contributed by atoms with Crippen molar-refractivity contribution >= 4 is 23.4 Å². The molecule has 32 heavy (non-hydrogen) atoms. The number of fused-ring (bicyclic) bond motifs is 1. The standard InChI is InChI=1S/C24H29N5O2S/c1-5-7-20-26-27-24-29(20)28-21(17-10-12-18(13-11-17)31-6-2)22(32-24)23(30)25-19-14-15(3)8-9-16(19)4/h8-14,21-22,28H,5-7H2,1-4H3,(H,25,30)/t21-,22-/m0/s1. The number of aromatic nitrogens is 3. The minimum Gasteiger partial charge on any atom is -0.494 e. The van der Waals surface area contributed by atoms with E-state index in [1.807, 2.05) is 67.9 Å². The number of ether oxygens (including phenoxy) is 1. The average molecular weight is 452 g/mol. The van der Waals surface area contributed by atoms with Crippen LogP contribution < -0.4 is 15.5 Å². The van der Waals surface area contributed by atoms with Gasteiger partial charge >= 0.3 is 0 Å². The molecule has 2 atom stereocenters. The minimum absolute atomic E-state index is 0.0682. The molecule has 168 valence electrons. The number of carbonyl (C=O) groups excluding carboxylic acids is 1. The summed E-state index contributed by atoms with van der Waals surface area (Å²) in [7, 11) is 0. The van der Waals surface area contributed by atoms with E-state index in [0.717, 1.165) is 46.8 Å². The molecule has 8 heteroatoms. The Hall–Kier alpha value is -3.00. The quantitative estimate of drug-likeness (QED) is 0.545. The lowest BCUT2D eigenvalue weighted by Gasteiger charge is -2.33. The molecule has 0 fully saturated rings. The fourth-order valence-electron chi connectivity index (χ4n) is 3.75. The van der Waals surface area contributed by atoms with Gasteiger partial charge in [0.2, 0.25) is 11.1 Å². The number of amides is 1. The summed E-state index contributed by atoms with van der Waals surface area (Å²) in [5, 5.41) is 12.1. The van der Waals surface area contributed by atoms with E-state index in [0.29, 0.717) is 11.8 Å². The van der Waals surface area contributed by atoms with Crippen molar-refractivity contribution in [1.82, 2.24) is 14.9 Å². The molecule has 0 saturated heterocycles. The topological polar surface area (TPSA) is 81.1 Å². The maximum atomic E-state index is 13.5. The molecular formula is C24H29N5O2S. The van der Waals surface area contributed by atoms with E-state index >= 15 is 0 Å². The summed E-state index contributed by atoms with van der Waals surface area (Å²) in [6, 6.07) is 13.7. The van der Waals surface area contributed by atoms with Gasteiger partial charge in [-0.05, 0) is 62.1 Å². The number of nitrogens with one attached hydrogen (secondary N) is 2. The fraction of sp³-hybridized carbons (Fsp3) is 0.375. The van der Waals surface area contributed by atoms with Gasteiger partial charge in [-0.15, -0.1) is 10.2 Å². The summed E-state index contributed by atoms with van der Waals surface area (Å²) in [6.45, 7) is 8.71. The van der Waals surface area contributed by atoms with E-state index in [2.05, 4.69) is 27.9 Å². The number of anilines is 1. The van der Waals surface area contributed by atoms with Crippen LogP contribution in [0.2, 0.25) is 0 Å². The summed E-state index contributed by atoms with van der Waals surface area (Å²) in [6.07, 6.45) is 1.78. The largest absolute Gasteiger partial charge is 0.494 e. The zero-order valence-electron chi connectivity index (χ0n) is 18.9. The van der Waals surface area contributed by atoms with Gasteiger partial charge in [-0.25, -0.2) is 4.68 Å². The fourth-order valence-corrected chi connectivity index (χ4v) is 4.85. The van der Waals surface area contributed by atoms with Gasteiger partial charge in [-0.2, -0.15) is 0 Å². The Morgan fingerprint density at radius 1 is 1.16 bits per heavy atom. The number of nitrogens with zero attached hydrogens (tertiary/aromatic N) is 3. The van der Waals surface area contributed by atoms with Gasteiger partial charge in [0.25, 0.3) is 0 Å². The molecular weight excluding hydrogens is 422 g/mol. The summed E-state index contributed by atoms with van der Waals surface area (Å²) in [4.78, 5) is 13.5.